The molecule has 3 aliphatic rings. The molecule has 1 atom stereocenters. The van der Waals surface area contributed by atoms with Crippen molar-refractivity contribution in [2.75, 3.05) is 18.4 Å². The van der Waals surface area contributed by atoms with Gasteiger partial charge in [0.05, 0.1) is 24.3 Å². The van der Waals surface area contributed by atoms with Crippen LogP contribution in [0.25, 0.3) is 5.70 Å². The molecule has 0 radical (unpaired) electrons. The summed E-state index contributed by atoms with van der Waals surface area (Å²) < 4.78 is 0. The Morgan fingerprint density at radius 2 is 2.07 bits per heavy atom. The van der Waals surface area contributed by atoms with Crippen LogP contribution in [-0.2, 0) is 0 Å². The molecule has 1 saturated heterocycles. The Kier molecular flexibility index (Phi) is 4.96. The first-order valence-electron chi connectivity index (χ1n) is 10.2. The summed E-state index contributed by atoms with van der Waals surface area (Å²) in [5, 5.41) is 2.82. The fourth-order valence-corrected chi connectivity index (χ4v) is 3.78. The van der Waals surface area contributed by atoms with E-state index in [9.17, 15) is 4.79 Å². The van der Waals surface area contributed by atoms with Gasteiger partial charge in [-0.1, -0.05) is 0 Å². The highest BCUT2D eigenvalue weighted by Crippen LogP contribution is 2.39. The molecule has 8 heteroatoms. The van der Waals surface area contributed by atoms with E-state index in [1.54, 1.807) is 23.6 Å². The third kappa shape index (κ3) is 4.07. The van der Waals surface area contributed by atoms with Crippen molar-refractivity contribution < 1.29 is 4.79 Å². The normalized spacial score (nSPS) is 20.8. The van der Waals surface area contributed by atoms with E-state index in [1.165, 1.54) is 19.0 Å². The van der Waals surface area contributed by atoms with Gasteiger partial charge in [-0.25, -0.2) is 14.8 Å². The number of fused-ring (bicyclic) bond motifs is 2. The summed E-state index contributed by atoms with van der Waals surface area (Å²) in [7, 11) is 0. The van der Waals surface area contributed by atoms with E-state index in [0.29, 0.717) is 11.7 Å². The lowest BCUT2D eigenvalue weighted by Gasteiger charge is -2.25. The summed E-state index contributed by atoms with van der Waals surface area (Å²) in [4.78, 5) is 34.3. The van der Waals surface area contributed by atoms with Gasteiger partial charge in [0.1, 0.15) is 0 Å². The van der Waals surface area contributed by atoms with Crippen molar-refractivity contribution in [3.8, 4) is 0 Å². The zero-order chi connectivity index (χ0) is 20.3. The summed E-state index contributed by atoms with van der Waals surface area (Å²) in [5.74, 6) is 0.988. The topological polar surface area (TPSA) is 86.6 Å². The Morgan fingerprint density at radius 3 is 2.90 bits per heavy atom. The van der Waals surface area contributed by atoms with Crippen LogP contribution in [0.1, 0.15) is 36.4 Å². The van der Waals surface area contributed by atoms with E-state index < -0.39 is 0 Å². The monoisotopic (exact) mass is 401 g/mol. The molecule has 4 heterocycles. The van der Waals surface area contributed by atoms with E-state index >= 15 is 0 Å². The van der Waals surface area contributed by atoms with Crippen molar-refractivity contribution in [1.29, 1.82) is 0 Å². The van der Waals surface area contributed by atoms with Crippen molar-refractivity contribution >= 4 is 23.9 Å². The number of rotatable bonds is 3. The highest BCUT2D eigenvalue weighted by atomic mass is 16.2. The first-order chi connectivity index (χ1) is 14.8. The predicted octanol–water partition coefficient (Wildman–Crippen LogP) is 3.25. The third-order valence-corrected chi connectivity index (χ3v) is 5.57. The number of urea groups is 1. The van der Waals surface area contributed by atoms with Gasteiger partial charge in [-0.15, -0.1) is 0 Å². The van der Waals surface area contributed by atoms with Crippen molar-refractivity contribution in [1.82, 2.24) is 24.8 Å². The number of anilines is 1. The minimum absolute atomic E-state index is 0.0360. The zero-order valence-corrected chi connectivity index (χ0v) is 16.6. The molecular formula is C22H23N7O. The number of nitrogens with zero attached hydrogens (tertiary/aromatic N) is 6. The molecule has 5 rings (SSSR count). The van der Waals surface area contributed by atoms with Gasteiger partial charge in [0.2, 0.25) is 0 Å². The molecule has 0 unspecified atom stereocenters. The molecule has 0 aromatic carbocycles. The molecule has 2 bridgehead atoms. The summed E-state index contributed by atoms with van der Waals surface area (Å²) >= 11 is 0. The first kappa shape index (κ1) is 18.5. The molecule has 1 aliphatic carbocycles. The van der Waals surface area contributed by atoms with E-state index in [4.69, 9.17) is 4.99 Å². The van der Waals surface area contributed by atoms with Gasteiger partial charge in [-0.2, -0.15) is 0 Å². The van der Waals surface area contributed by atoms with Crippen LogP contribution in [0.2, 0.25) is 0 Å². The Morgan fingerprint density at radius 1 is 1.13 bits per heavy atom. The Balaban J connectivity index is 1.44. The molecule has 1 N–H and O–H groups in total. The van der Waals surface area contributed by atoms with Gasteiger partial charge in [-0.05, 0) is 49.7 Å². The number of nitrogens with one attached hydrogen (secondary N) is 1. The number of hydrogen-bond acceptors (Lipinski definition) is 6. The summed E-state index contributed by atoms with van der Waals surface area (Å²) in [5.41, 5.74) is 2.92. The second-order valence-corrected chi connectivity index (χ2v) is 7.75. The van der Waals surface area contributed by atoms with Crippen LogP contribution in [0.3, 0.4) is 0 Å². The molecule has 8 nitrogen and oxygen atoms in total. The number of carbonyl (C=O) groups excluding carboxylic acids is 1. The SMILES string of the molecule is O=C(Nc1cnccn1)N1C=NC(c2ccnc(C3CC3)c2)=CC=CN2CC[C@H]1C2. The van der Waals surface area contributed by atoms with E-state index in [2.05, 4.69) is 37.4 Å². The summed E-state index contributed by atoms with van der Waals surface area (Å²) in [6.45, 7) is 1.66. The van der Waals surface area contributed by atoms with Gasteiger partial charge in [0.25, 0.3) is 0 Å². The zero-order valence-electron chi connectivity index (χ0n) is 16.6. The maximum absolute atomic E-state index is 13.0. The maximum atomic E-state index is 13.0. The van der Waals surface area contributed by atoms with E-state index in [1.807, 2.05) is 24.4 Å². The van der Waals surface area contributed by atoms with Crippen LogP contribution in [0.5, 0.6) is 0 Å². The fraction of sp³-hybridized carbons (Fsp3) is 0.318. The number of carbonyl (C=O) groups is 1. The second-order valence-electron chi connectivity index (χ2n) is 7.75. The minimum Gasteiger partial charge on any atom is -0.375 e. The number of amides is 2. The molecular weight excluding hydrogens is 378 g/mol. The summed E-state index contributed by atoms with van der Waals surface area (Å²) in [6, 6.07) is 3.85. The van der Waals surface area contributed by atoms with Crippen molar-refractivity contribution in [2.45, 2.75) is 31.2 Å². The van der Waals surface area contributed by atoms with Crippen molar-refractivity contribution in [2.24, 2.45) is 4.99 Å². The molecule has 0 spiro atoms. The largest absolute Gasteiger partial charge is 0.375 e. The third-order valence-electron chi connectivity index (χ3n) is 5.57. The van der Waals surface area contributed by atoms with Gasteiger partial charge < -0.3 is 4.90 Å². The molecule has 2 aromatic heterocycles. The first-order valence-corrected chi connectivity index (χ1v) is 10.2. The van der Waals surface area contributed by atoms with E-state index in [-0.39, 0.29) is 12.1 Å². The van der Waals surface area contributed by atoms with Crippen LogP contribution in [0, 0.1) is 0 Å². The Bertz CT molecular complexity index is 1010. The summed E-state index contributed by atoms with van der Waals surface area (Å²) in [6.07, 6.45) is 17.5. The second kappa shape index (κ2) is 8.06. The lowest BCUT2D eigenvalue weighted by molar-refractivity contribution is 0.223. The molecule has 152 valence electrons. The molecule has 2 aliphatic heterocycles. The number of aromatic nitrogens is 3. The molecule has 2 aromatic rings. The van der Waals surface area contributed by atoms with Crippen molar-refractivity contribution in [3.05, 3.63) is 66.5 Å². The Labute approximate surface area is 175 Å². The quantitative estimate of drug-likeness (QED) is 0.853. The van der Waals surface area contributed by atoms with Gasteiger partial charge in [-0.3, -0.25) is 20.2 Å². The average molecular weight is 401 g/mol. The fourth-order valence-electron chi connectivity index (χ4n) is 3.78. The van der Waals surface area contributed by atoms with Gasteiger partial charge in [0, 0.05) is 48.9 Å². The number of hydrogen-bond donors (Lipinski definition) is 1. The lowest BCUT2D eigenvalue weighted by atomic mass is 10.1. The molecule has 2 amide bonds. The standard InChI is InChI=1S/C22H23N7O/c30-22(27-21-13-23-8-9-25-21)29-15-26-19(2-1-10-28-11-6-18(29)14-28)17-5-7-24-20(12-17)16-3-4-16/h1-2,5,7-10,12-13,15-16,18H,3-4,6,11,14H2,(H,25,27,30)/t18-/m0/s1. The number of pyridine rings is 1. The Hall–Kier alpha value is -3.55. The maximum Gasteiger partial charge on any atom is 0.328 e. The van der Waals surface area contributed by atoms with Crippen LogP contribution in [-0.4, -0.2) is 56.3 Å². The number of aliphatic imine (C=N–C) groups is 1. The smallest absolute Gasteiger partial charge is 0.328 e. The van der Waals surface area contributed by atoms with Crippen LogP contribution < -0.4 is 5.32 Å². The molecule has 1 saturated carbocycles. The van der Waals surface area contributed by atoms with Gasteiger partial charge >= 0.3 is 6.03 Å². The molecule has 30 heavy (non-hydrogen) atoms. The van der Waals surface area contributed by atoms with Crippen LogP contribution >= 0.6 is 0 Å². The highest BCUT2D eigenvalue weighted by molar-refractivity contribution is 5.97. The predicted molar refractivity (Wildman–Crippen MR) is 115 cm³/mol. The average Bonchev–Trinajstić information content (AvgIpc) is 3.53. The van der Waals surface area contributed by atoms with E-state index in [0.717, 1.165) is 36.5 Å². The van der Waals surface area contributed by atoms with Crippen molar-refractivity contribution in [3.63, 3.8) is 0 Å². The lowest BCUT2D eigenvalue weighted by Crippen LogP contribution is -2.43. The van der Waals surface area contributed by atoms with Crippen LogP contribution in [0.15, 0.2) is 60.3 Å². The number of allylic oxidation sites excluding steroid dienone is 2. The minimum atomic E-state index is -0.261. The van der Waals surface area contributed by atoms with Crippen LogP contribution in [0.4, 0.5) is 10.6 Å². The molecule has 2 fully saturated rings. The highest BCUT2D eigenvalue weighted by Gasteiger charge is 2.30. The van der Waals surface area contributed by atoms with Gasteiger partial charge in [0.15, 0.2) is 5.82 Å².